The van der Waals surface area contributed by atoms with Crippen molar-refractivity contribution in [2.75, 3.05) is 19.3 Å². The summed E-state index contributed by atoms with van der Waals surface area (Å²) in [6.45, 7) is 1.45. The van der Waals surface area contributed by atoms with Crippen LogP contribution < -0.4 is 10.0 Å². The van der Waals surface area contributed by atoms with E-state index in [0.717, 1.165) is 13.0 Å². The zero-order chi connectivity index (χ0) is 11.9. The molecule has 0 amide bonds. The fourth-order valence-corrected chi connectivity index (χ4v) is 2.65. The van der Waals surface area contributed by atoms with Crippen LogP contribution in [0.3, 0.4) is 0 Å². The summed E-state index contributed by atoms with van der Waals surface area (Å²) in [6.07, 6.45) is 10.0. The molecule has 16 heavy (non-hydrogen) atoms. The van der Waals surface area contributed by atoms with Gasteiger partial charge in [0.15, 0.2) is 0 Å². The van der Waals surface area contributed by atoms with Crippen LogP contribution in [0.25, 0.3) is 0 Å². The summed E-state index contributed by atoms with van der Waals surface area (Å²) >= 11 is 0. The summed E-state index contributed by atoms with van der Waals surface area (Å²) in [4.78, 5) is 0. The first-order chi connectivity index (χ1) is 7.58. The molecule has 0 heterocycles. The quantitative estimate of drug-likeness (QED) is 0.549. The van der Waals surface area contributed by atoms with Crippen LogP contribution in [0.5, 0.6) is 0 Å². The van der Waals surface area contributed by atoms with E-state index in [2.05, 4.69) is 10.0 Å². The highest BCUT2D eigenvalue weighted by Crippen LogP contribution is 2.16. The van der Waals surface area contributed by atoms with E-state index in [4.69, 9.17) is 0 Å². The molecule has 0 aromatic heterocycles. The predicted molar refractivity (Wildman–Crippen MR) is 67.0 cm³/mol. The molecule has 1 aliphatic carbocycles. The Balaban J connectivity index is 2.01. The van der Waals surface area contributed by atoms with Crippen molar-refractivity contribution in [2.45, 2.75) is 51.0 Å². The summed E-state index contributed by atoms with van der Waals surface area (Å²) in [7, 11) is -3.01. The highest BCUT2D eigenvalue weighted by Gasteiger charge is 2.10. The second kappa shape index (κ2) is 7.25. The summed E-state index contributed by atoms with van der Waals surface area (Å²) in [5, 5.41) is 3.51. The van der Waals surface area contributed by atoms with E-state index in [0.29, 0.717) is 12.6 Å². The fourth-order valence-electron chi connectivity index (χ4n) is 2.14. The Bertz CT molecular complexity index is 270. The Labute approximate surface area is 99.2 Å². The van der Waals surface area contributed by atoms with Crippen molar-refractivity contribution in [3.8, 4) is 0 Å². The number of sulfonamides is 1. The zero-order valence-electron chi connectivity index (χ0n) is 10.2. The van der Waals surface area contributed by atoms with Crippen LogP contribution in [0, 0.1) is 0 Å². The van der Waals surface area contributed by atoms with E-state index in [1.807, 2.05) is 0 Å². The van der Waals surface area contributed by atoms with Gasteiger partial charge in [-0.15, -0.1) is 0 Å². The monoisotopic (exact) mass is 248 g/mol. The van der Waals surface area contributed by atoms with Crippen molar-refractivity contribution in [3.05, 3.63) is 0 Å². The van der Waals surface area contributed by atoms with Gasteiger partial charge < -0.3 is 5.32 Å². The molecule has 0 atom stereocenters. The third-order valence-electron chi connectivity index (χ3n) is 3.01. The molecule has 0 spiro atoms. The standard InChI is InChI=1S/C11H24N2O2S/c1-16(14,15)13-10-6-9-12-11-7-4-2-3-5-8-11/h11-13H,2-10H2,1H3. The average molecular weight is 248 g/mol. The van der Waals surface area contributed by atoms with Crippen LogP contribution in [0.2, 0.25) is 0 Å². The van der Waals surface area contributed by atoms with Crippen molar-refractivity contribution >= 4 is 10.0 Å². The Morgan fingerprint density at radius 1 is 1.06 bits per heavy atom. The maximum absolute atomic E-state index is 10.8. The minimum absolute atomic E-state index is 0.540. The van der Waals surface area contributed by atoms with E-state index in [1.165, 1.54) is 44.8 Å². The molecule has 96 valence electrons. The predicted octanol–water partition coefficient (Wildman–Crippen LogP) is 1.24. The fraction of sp³-hybridized carbons (Fsp3) is 1.00. The molecule has 1 saturated carbocycles. The normalized spacial score (nSPS) is 19.6. The first-order valence-electron chi connectivity index (χ1n) is 6.26. The Morgan fingerprint density at radius 3 is 2.25 bits per heavy atom. The van der Waals surface area contributed by atoms with Gasteiger partial charge in [0.1, 0.15) is 0 Å². The summed E-state index contributed by atoms with van der Waals surface area (Å²) in [5.41, 5.74) is 0. The third-order valence-corrected chi connectivity index (χ3v) is 3.73. The van der Waals surface area contributed by atoms with Crippen molar-refractivity contribution in [3.63, 3.8) is 0 Å². The van der Waals surface area contributed by atoms with Gasteiger partial charge in [0.2, 0.25) is 10.0 Å². The number of nitrogens with one attached hydrogen (secondary N) is 2. The topological polar surface area (TPSA) is 58.2 Å². The van der Waals surface area contributed by atoms with Gasteiger partial charge in [0.05, 0.1) is 6.26 Å². The van der Waals surface area contributed by atoms with Gasteiger partial charge in [-0.05, 0) is 25.8 Å². The summed E-state index contributed by atoms with van der Waals surface area (Å²) in [6, 6.07) is 0.653. The third kappa shape index (κ3) is 7.19. The first kappa shape index (κ1) is 13.9. The van der Waals surface area contributed by atoms with Crippen LogP contribution >= 0.6 is 0 Å². The lowest BCUT2D eigenvalue weighted by Crippen LogP contribution is -2.32. The molecule has 4 nitrogen and oxygen atoms in total. The minimum Gasteiger partial charge on any atom is -0.314 e. The number of rotatable bonds is 6. The first-order valence-corrected chi connectivity index (χ1v) is 8.15. The molecule has 1 fully saturated rings. The van der Waals surface area contributed by atoms with Crippen LogP contribution in [0.1, 0.15) is 44.9 Å². The van der Waals surface area contributed by atoms with Gasteiger partial charge in [-0.1, -0.05) is 25.7 Å². The van der Waals surface area contributed by atoms with Gasteiger partial charge in [-0.25, -0.2) is 13.1 Å². The number of hydrogen-bond acceptors (Lipinski definition) is 3. The number of hydrogen-bond donors (Lipinski definition) is 2. The molecule has 0 aliphatic heterocycles. The van der Waals surface area contributed by atoms with Gasteiger partial charge in [-0.3, -0.25) is 0 Å². The second-order valence-electron chi connectivity index (χ2n) is 4.66. The molecule has 2 N–H and O–H groups in total. The lowest BCUT2D eigenvalue weighted by Gasteiger charge is -2.15. The highest BCUT2D eigenvalue weighted by atomic mass is 32.2. The SMILES string of the molecule is CS(=O)(=O)NCCCNC1CCCCCC1. The van der Waals surface area contributed by atoms with Crippen molar-refractivity contribution in [1.29, 1.82) is 0 Å². The Hall–Kier alpha value is -0.130. The van der Waals surface area contributed by atoms with E-state index in [-0.39, 0.29) is 0 Å². The van der Waals surface area contributed by atoms with Crippen LogP contribution in [0.15, 0.2) is 0 Å². The maximum Gasteiger partial charge on any atom is 0.208 e. The van der Waals surface area contributed by atoms with Crippen LogP contribution in [0.4, 0.5) is 0 Å². The van der Waals surface area contributed by atoms with Gasteiger partial charge in [-0.2, -0.15) is 0 Å². The molecule has 1 aliphatic rings. The second-order valence-corrected chi connectivity index (χ2v) is 6.50. The van der Waals surface area contributed by atoms with Crippen LogP contribution in [-0.2, 0) is 10.0 Å². The van der Waals surface area contributed by atoms with E-state index < -0.39 is 10.0 Å². The Kier molecular flexibility index (Phi) is 6.31. The molecule has 0 saturated heterocycles. The molecule has 5 heteroatoms. The van der Waals surface area contributed by atoms with E-state index >= 15 is 0 Å². The smallest absolute Gasteiger partial charge is 0.208 e. The van der Waals surface area contributed by atoms with Gasteiger partial charge in [0.25, 0.3) is 0 Å². The Morgan fingerprint density at radius 2 is 1.69 bits per heavy atom. The van der Waals surface area contributed by atoms with Gasteiger partial charge >= 0.3 is 0 Å². The molecule has 0 radical (unpaired) electrons. The van der Waals surface area contributed by atoms with Crippen LogP contribution in [-0.4, -0.2) is 33.8 Å². The summed E-state index contributed by atoms with van der Waals surface area (Å²) < 4.78 is 24.1. The van der Waals surface area contributed by atoms with Crippen molar-refractivity contribution in [1.82, 2.24) is 10.0 Å². The minimum atomic E-state index is -3.01. The maximum atomic E-state index is 10.8. The zero-order valence-corrected chi connectivity index (χ0v) is 11.0. The molecule has 0 aromatic carbocycles. The average Bonchev–Trinajstić information content (AvgIpc) is 2.44. The molecule has 0 unspecified atom stereocenters. The molecule has 0 bridgehead atoms. The lowest BCUT2D eigenvalue weighted by molar-refractivity contribution is 0.455. The largest absolute Gasteiger partial charge is 0.314 e. The highest BCUT2D eigenvalue weighted by molar-refractivity contribution is 7.88. The van der Waals surface area contributed by atoms with Gasteiger partial charge in [0, 0.05) is 12.6 Å². The molecule has 1 rings (SSSR count). The molecular formula is C11H24N2O2S. The van der Waals surface area contributed by atoms with E-state index in [1.54, 1.807) is 0 Å². The van der Waals surface area contributed by atoms with Crippen molar-refractivity contribution < 1.29 is 8.42 Å². The van der Waals surface area contributed by atoms with Crippen molar-refractivity contribution in [2.24, 2.45) is 0 Å². The molecular weight excluding hydrogens is 224 g/mol. The molecule has 0 aromatic rings. The van der Waals surface area contributed by atoms with E-state index in [9.17, 15) is 8.42 Å². The lowest BCUT2D eigenvalue weighted by atomic mass is 10.1. The summed E-state index contributed by atoms with van der Waals surface area (Å²) in [5.74, 6) is 0.